The highest BCUT2D eigenvalue weighted by molar-refractivity contribution is 5.99. The van der Waals surface area contributed by atoms with Gasteiger partial charge in [0.25, 0.3) is 5.91 Å². The molecule has 0 bridgehead atoms. The molecule has 0 radical (unpaired) electrons. The summed E-state index contributed by atoms with van der Waals surface area (Å²) in [4.78, 5) is 33.6. The molecule has 1 unspecified atom stereocenters. The summed E-state index contributed by atoms with van der Waals surface area (Å²) in [6.07, 6.45) is 0.613. The highest BCUT2D eigenvalue weighted by Crippen LogP contribution is 2.30. The maximum atomic E-state index is 13.9. The van der Waals surface area contributed by atoms with E-state index in [9.17, 15) is 18.4 Å². The lowest BCUT2D eigenvalue weighted by Crippen LogP contribution is -2.36. The molecule has 2 heterocycles. The van der Waals surface area contributed by atoms with E-state index in [0.29, 0.717) is 54.6 Å². The number of anilines is 1. The fourth-order valence-corrected chi connectivity index (χ4v) is 3.78. The molecule has 1 amide bonds. The minimum Gasteiger partial charge on any atom is -0.440 e. The number of amides is 1. The quantitative estimate of drug-likeness (QED) is 0.551. The van der Waals surface area contributed by atoms with Gasteiger partial charge in [-0.3, -0.25) is 14.6 Å². The summed E-state index contributed by atoms with van der Waals surface area (Å²) >= 11 is 0. The Hall–Kier alpha value is -3.33. The molecule has 0 aliphatic carbocycles. The molecule has 182 valence electrons. The average molecular weight is 474 g/mol. The van der Waals surface area contributed by atoms with Gasteiger partial charge in [-0.15, -0.1) is 0 Å². The molecule has 9 heteroatoms. The molecule has 1 aromatic carbocycles. The summed E-state index contributed by atoms with van der Waals surface area (Å²) in [5, 5.41) is 0.259. The van der Waals surface area contributed by atoms with Crippen LogP contribution in [0.25, 0.3) is 11.0 Å². The van der Waals surface area contributed by atoms with Gasteiger partial charge < -0.3 is 19.0 Å². The van der Waals surface area contributed by atoms with Gasteiger partial charge >= 0.3 is 0 Å². The second-order valence-corrected chi connectivity index (χ2v) is 8.42. The zero-order valence-electron chi connectivity index (χ0n) is 19.9. The minimum absolute atomic E-state index is 0.259. The van der Waals surface area contributed by atoms with Crippen LogP contribution in [0.15, 0.2) is 56.7 Å². The molecular formula is C25H29F2N3O4. The van der Waals surface area contributed by atoms with E-state index in [0.717, 1.165) is 6.08 Å². The first-order valence-electron chi connectivity index (χ1n) is 11.0. The van der Waals surface area contributed by atoms with Crippen LogP contribution in [0.1, 0.15) is 42.2 Å². The maximum Gasteiger partial charge on any atom is 0.253 e. The molecule has 1 aliphatic heterocycles. The number of aliphatic imine (C=N–C) groups is 1. The van der Waals surface area contributed by atoms with Crippen molar-refractivity contribution in [3.8, 4) is 0 Å². The maximum absolute atomic E-state index is 13.9. The summed E-state index contributed by atoms with van der Waals surface area (Å²) in [5.41, 5.74) is 1.18. The number of hydrogen-bond acceptors (Lipinski definition) is 6. The number of nitrogens with zero attached hydrogens (tertiary/aromatic N) is 3. The van der Waals surface area contributed by atoms with Crippen LogP contribution in [-0.2, 0) is 4.74 Å². The largest absolute Gasteiger partial charge is 0.440 e. The van der Waals surface area contributed by atoms with E-state index < -0.39 is 24.1 Å². The number of morpholine rings is 1. The van der Waals surface area contributed by atoms with Gasteiger partial charge in [-0.05, 0) is 32.1 Å². The third kappa shape index (κ3) is 5.96. The SMILES string of the molecule is C=C(F)C/C(F)=C\C(C)=NC(C)c1cc(C(=O)N(C)C)cc2c(=O)cc(N3CCOCC3)oc12. The molecule has 1 aliphatic rings. The van der Waals surface area contributed by atoms with Gasteiger partial charge in [-0.2, -0.15) is 0 Å². The Bertz CT molecular complexity index is 1210. The third-order valence-corrected chi connectivity index (χ3v) is 5.39. The molecule has 0 spiro atoms. The Balaban J connectivity index is 2.15. The van der Waals surface area contributed by atoms with Gasteiger partial charge in [-0.25, -0.2) is 8.78 Å². The first-order valence-corrected chi connectivity index (χ1v) is 11.0. The van der Waals surface area contributed by atoms with Crippen molar-refractivity contribution in [2.45, 2.75) is 26.3 Å². The normalized spacial score (nSPS) is 16.0. The summed E-state index contributed by atoms with van der Waals surface area (Å²) in [6.45, 7) is 8.61. The molecule has 7 nitrogen and oxygen atoms in total. The van der Waals surface area contributed by atoms with Crippen LogP contribution in [0.2, 0.25) is 0 Å². The molecule has 1 saturated heterocycles. The highest BCUT2D eigenvalue weighted by Gasteiger charge is 2.22. The lowest BCUT2D eigenvalue weighted by Gasteiger charge is -2.27. The van der Waals surface area contributed by atoms with E-state index in [1.54, 1.807) is 34.0 Å². The molecule has 0 N–H and O–H groups in total. The molecule has 1 aromatic heterocycles. The van der Waals surface area contributed by atoms with Crippen LogP contribution in [-0.4, -0.2) is 56.9 Å². The van der Waals surface area contributed by atoms with Crippen LogP contribution >= 0.6 is 0 Å². The Morgan fingerprint density at radius 1 is 1.26 bits per heavy atom. The van der Waals surface area contributed by atoms with Gasteiger partial charge in [0, 0.05) is 50.1 Å². The van der Waals surface area contributed by atoms with Gasteiger partial charge in [0.15, 0.2) is 11.3 Å². The first kappa shape index (κ1) is 25.3. The Kier molecular flexibility index (Phi) is 7.98. The van der Waals surface area contributed by atoms with E-state index >= 15 is 0 Å². The number of carbonyl (C=O) groups excluding carboxylic acids is 1. The van der Waals surface area contributed by atoms with E-state index in [1.165, 1.54) is 17.0 Å². The van der Waals surface area contributed by atoms with Crippen molar-refractivity contribution in [1.29, 1.82) is 0 Å². The second-order valence-electron chi connectivity index (χ2n) is 8.42. The fourth-order valence-electron chi connectivity index (χ4n) is 3.78. The van der Waals surface area contributed by atoms with Crippen molar-refractivity contribution >= 4 is 28.5 Å². The molecule has 0 saturated carbocycles. The Morgan fingerprint density at radius 3 is 2.56 bits per heavy atom. The van der Waals surface area contributed by atoms with Gasteiger partial charge in [0.2, 0.25) is 0 Å². The number of ether oxygens (including phenoxy) is 1. The number of benzene rings is 1. The smallest absolute Gasteiger partial charge is 0.253 e. The van der Waals surface area contributed by atoms with Gasteiger partial charge in [-0.1, -0.05) is 6.58 Å². The number of halogens is 2. The second kappa shape index (κ2) is 10.7. The van der Waals surface area contributed by atoms with Crippen molar-refractivity contribution in [3.05, 3.63) is 63.9 Å². The van der Waals surface area contributed by atoms with Crippen LogP contribution in [0, 0.1) is 0 Å². The zero-order chi connectivity index (χ0) is 25.0. The summed E-state index contributed by atoms with van der Waals surface area (Å²) in [6, 6.07) is 3.99. The predicted octanol–water partition coefficient (Wildman–Crippen LogP) is 4.58. The predicted molar refractivity (Wildman–Crippen MR) is 129 cm³/mol. The summed E-state index contributed by atoms with van der Waals surface area (Å²) in [7, 11) is 3.24. The lowest BCUT2D eigenvalue weighted by molar-refractivity contribution is 0.0827. The Morgan fingerprint density at radius 2 is 1.94 bits per heavy atom. The lowest BCUT2D eigenvalue weighted by atomic mass is 10.00. The molecule has 3 rings (SSSR count). The minimum atomic E-state index is -0.784. The monoisotopic (exact) mass is 473 g/mol. The number of allylic oxidation sites excluding steroid dienone is 3. The van der Waals surface area contributed by atoms with Gasteiger partial charge in [0.1, 0.15) is 11.4 Å². The number of fused-ring (bicyclic) bond motifs is 1. The number of carbonyl (C=O) groups is 1. The number of rotatable bonds is 7. The van der Waals surface area contributed by atoms with Gasteiger partial charge in [0.05, 0.1) is 36.9 Å². The molecule has 1 atom stereocenters. The third-order valence-electron chi connectivity index (χ3n) is 5.39. The Labute approximate surface area is 197 Å². The standard InChI is InChI=1S/C25H29F2N3O4/c1-15(26)10-19(27)11-16(2)28-17(3)20-12-18(25(32)29(4)5)13-21-22(31)14-23(34-24(20)21)30-6-8-33-9-7-30/h11-14,17H,1,6-10H2,2-5H3/b19-11+,28-16?. The fraction of sp³-hybridized carbons (Fsp3) is 0.400. The van der Waals surface area contributed by atoms with Crippen molar-refractivity contribution in [2.75, 3.05) is 45.3 Å². The van der Waals surface area contributed by atoms with E-state index in [2.05, 4.69) is 11.6 Å². The molecule has 34 heavy (non-hydrogen) atoms. The topological polar surface area (TPSA) is 75.4 Å². The summed E-state index contributed by atoms with van der Waals surface area (Å²) < 4.78 is 38.4. The van der Waals surface area contributed by atoms with Crippen molar-refractivity contribution in [3.63, 3.8) is 0 Å². The van der Waals surface area contributed by atoms with Crippen LogP contribution < -0.4 is 10.3 Å². The van der Waals surface area contributed by atoms with Crippen LogP contribution in [0.5, 0.6) is 0 Å². The zero-order valence-corrected chi connectivity index (χ0v) is 19.9. The van der Waals surface area contributed by atoms with Crippen molar-refractivity contribution in [1.82, 2.24) is 4.90 Å². The van der Waals surface area contributed by atoms with Crippen LogP contribution in [0.4, 0.5) is 14.7 Å². The molecule has 2 aromatic rings. The van der Waals surface area contributed by atoms with E-state index in [-0.39, 0.29) is 16.7 Å². The number of hydrogen-bond donors (Lipinski definition) is 0. The highest BCUT2D eigenvalue weighted by atomic mass is 19.1. The average Bonchev–Trinajstić information content (AvgIpc) is 2.77. The van der Waals surface area contributed by atoms with E-state index in [4.69, 9.17) is 9.15 Å². The van der Waals surface area contributed by atoms with Crippen LogP contribution in [0.3, 0.4) is 0 Å². The summed E-state index contributed by atoms with van der Waals surface area (Å²) in [5.74, 6) is -1.36. The molecular weight excluding hydrogens is 444 g/mol. The molecule has 1 fully saturated rings. The van der Waals surface area contributed by atoms with Crippen molar-refractivity contribution in [2.24, 2.45) is 4.99 Å². The first-order chi connectivity index (χ1) is 16.1. The van der Waals surface area contributed by atoms with Crippen molar-refractivity contribution < 1.29 is 22.7 Å². The van der Waals surface area contributed by atoms with E-state index in [1.807, 2.05) is 4.90 Å².